The molecule has 1 saturated carbocycles. The molecule has 0 bridgehead atoms. The summed E-state index contributed by atoms with van der Waals surface area (Å²) in [5.41, 5.74) is 0. The topological polar surface area (TPSA) is 44.4 Å². The van der Waals surface area contributed by atoms with E-state index in [-0.39, 0.29) is 11.9 Å². The van der Waals surface area contributed by atoms with Gasteiger partial charge >= 0.3 is 0 Å². The van der Waals surface area contributed by atoms with E-state index in [0.717, 1.165) is 0 Å². The third-order valence-corrected chi connectivity index (χ3v) is 3.08. The lowest BCUT2D eigenvalue weighted by Gasteiger charge is -2.21. The number of carbonyl (C=O) groups excluding carboxylic acids is 1. The molecule has 4 nitrogen and oxygen atoms in total. The number of carbonyl (C=O) groups is 1. The Morgan fingerprint density at radius 3 is 2.44 bits per heavy atom. The van der Waals surface area contributed by atoms with Crippen molar-refractivity contribution >= 4 is 23.2 Å². The zero-order chi connectivity index (χ0) is 12.1. The van der Waals surface area contributed by atoms with E-state index in [4.69, 9.17) is 12.2 Å². The Balaban J connectivity index is 2.30. The Morgan fingerprint density at radius 1 is 1.38 bits per heavy atom. The van der Waals surface area contributed by atoms with Gasteiger partial charge in [-0.1, -0.05) is 12.8 Å². The summed E-state index contributed by atoms with van der Waals surface area (Å²) in [6, 6.07) is 0.220. The van der Waals surface area contributed by atoms with Gasteiger partial charge in [0.1, 0.15) is 6.04 Å². The molecule has 0 radical (unpaired) electrons. The van der Waals surface area contributed by atoms with Gasteiger partial charge in [-0.2, -0.15) is 0 Å². The third kappa shape index (κ3) is 3.96. The highest BCUT2D eigenvalue weighted by Gasteiger charge is 2.19. The zero-order valence-electron chi connectivity index (χ0n) is 10.2. The number of hydrogen-bond donors (Lipinski definition) is 2. The van der Waals surface area contributed by atoms with E-state index >= 15 is 0 Å². The predicted molar refractivity (Wildman–Crippen MR) is 69.3 cm³/mol. The van der Waals surface area contributed by atoms with Crippen molar-refractivity contribution in [2.24, 2.45) is 0 Å². The summed E-state index contributed by atoms with van der Waals surface area (Å²) in [4.78, 5) is 13.2. The van der Waals surface area contributed by atoms with Crippen LogP contribution in [0.5, 0.6) is 0 Å². The van der Waals surface area contributed by atoms with Gasteiger partial charge in [-0.15, -0.1) is 0 Å². The second kappa shape index (κ2) is 6.03. The maximum absolute atomic E-state index is 11.6. The molecule has 92 valence electrons. The largest absolute Gasteiger partial charge is 0.360 e. The Kier molecular flexibility index (Phi) is 4.99. The molecule has 1 atom stereocenters. The molecule has 2 N–H and O–H groups in total. The van der Waals surface area contributed by atoms with Gasteiger partial charge in [0.2, 0.25) is 5.91 Å². The van der Waals surface area contributed by atoms with Crippen molar-refractivity contribution in [3.63, 3.8) is 0 Å². The average molecular weight is 243 g/mol. The molecule has 1 aliphatic rings. The van der Waals surface area contributed by atoms with Crippen LogP contribution in [0.25, 0.3) is 0 Å². The molecule has 1 aliphatic carbocycles. The van der Waals surface area contributed by atoms with Gasteiger partial charge in [0, 0.05) is 20.1 Å². The molecule has 0 saturated heterocycles. The van der Waals surface area contributed by atoms with Crippen LogP contribution in [0.4, 0.5) is 0 Å². The molecule has 0 aromatic heterocycles. The Morgan fingerprint density at radius 2 is 1.94 bits per heavy atom. The number of hydrogen-bond acceptors (Lipinski definition) is 2. The molecule has 0 aromatic carbocycles. The first-order valence-electron chi connectivity index (χ1n) is 5.79. The van der Waals surface area contributed by atoms with Crippen molar-refractivity contribution in [3.05, 3.63) is 0 Å². The number of thiocarbonyl (C=S) groups is 1. The normalized spacial score (nSPS) is 17.9. The molecular formula is C11H21N3OS. The standard InChI is InChI=1S/C11H21N3OS/c1-8(10(15)14(2)3)12-11(16)13-9-6-4-5-7-9/h8-9H,4-7H2,1-3H3,(H2,12,13,16). The molecule has 16 heavy (non-hydrogen) atoms. The van der Waals surface area contributed by atoms with Gasteiger partial charge < -0.3 is 15.5 Å². The van der Waals surface area contributed by atoms with Crippen LogP contribution in [-0.4, -0.2) is 42.1 Å². The van der Waals surface area contributed by atoms with Crippen LogP contribution in [0.3, 0.4) is 0 Å². The minimum atomic E-state index is -0.267. The maximum atomic E-state index is 11.6. The summed E-state index contributed by atoms with van der Waals surface area (Å²) < 4.78 is 0. The number of nitrogens with zero attached hydrogens (tertiary/aromatic N) is 1. The quantitative estimate of drug-likeness (QED) is 0.722. The van der Waals surface area contributed by atoms with Crippen LogP contribution in [0, 0.1) is 0 Å². The lowest BCUT2D eigenvalue weighted by atomic mass is 10.2. The molecule has 1 fully saturated rings. The minimum absolute atomic E-state index is 0.0376. The Hall–Kier alpha value is -0.840. The number of nitrogens with one attached hydrogen (secondary N) is 2. The zero-order valence-corrected chi connectivity index (χ0v) is 11.1. The highest BCUT2D eigenvalue weighted by Crippen LogP contribution is 2.17. The number of amides is 1. The van der Waals surface area contributed by atoms with E-state index in [1.54, 1.807) is 19.0 Å². The fraction of sp³-hybridized carbons (Fsp3) is 0.818. The molecule has 1 amide bonds. The smallest absolute Gasteiger partial charge is 0.244 e. The SMILES string of the molecule is CC(NC(=S)NC1CCCC1)C(=O)N(C)C. The Bertz CT molecular complexity index is 262. The highest BCUT2D eigenvalue weighted by atomic mass is 32.1. The molecule has 0 heterocycles. The van der Waals surface area contributed by atoms with Gasteiger partial charge in [0.25, 0.3) is 0 Å². The first-order chi connectivity index (χ1) is 7.50. The van der Waals surface area contributed by atoms with Crippen LogP contribution in [0.15, 0.2) is 0 Å². The minimum Gasteiger partial charge on any atom is -0.360 e. The number of rotatable bonds is 3. The van der Waals surface area contributed by atoms with Gasteiger partial charge in [0.15, 0.2) is 5.11 Å². The monoisotopic (exact) mass is 243 g/mol. The van der Waals surface area contributed by atoms with Crippen molar-refractivity contribution in [1.29, 1.82) is 0 Å². The van der Waals surface area contributed by atoms with E-state index in [0.29, 0.717) is 11.2 Å². The van der Waals surface area contributed by atoms with Crippen LogP contribution in [0.2, 0.25) is 0 Å². The second-order valence-electron chi connectivity index (χ2n) is 4.55. The molecule has 1 rings (SSSR count). The van der Waals surface area contributed by atoms with Gasteiger partial charge in [0.05, 0.1) is 0 Å². The van der Waals surface area contributed by atoms with Crippen LogP contribution < -0.4 is 10.6 Å². The predicted octanol–water partition coefficient (Wildman–Crippen LogP) is 0.870. The van der Waals surface area contributed by atoms with Crippen molar-refractivity contribution in [1.82, 2.24) is 15.5 Å². The van der Waals surface area contributed by atoms with Crippen molar-refractivity contribution < 1.29 is 4.79 Å². The molecule has 5 heteroatoms. The summed E-state index contributed by atoms with van der Waals surface area (Å²) in [5.74, 6) is 0.0376. The third-order valence-electron chi connectivity index (χ3n) is 2.85. The first-order valence-corrected chi connectivity index (χ1v) is 6.19. The fourth-order valence-corrected chi connectivity index (χ4v) is 2.29. The summed E-state index contributed by atoms with van der Waals surface area (Å²) in [6.45, 7) is 1.82. The molecule has 0 aliphatic heterocycles. The highest BCUT2D eigenvalue weighted by molar-refractivity contribution is 7.80. The molecule has 1 unspecified atom stereocenters. The summed E-state index contributed by atoms with van der Waals surface area (Å²) in [7, 11) is 3.49. The van der Waals surface area contributed by atoms with Crippen LogP contribution >= 0.6 is 12.2 Å². The van der Waals surface area contributed by atoms with E-state index in [9.17, 15) is 4.79 Å². The van der Waals surface area contributed by atoms with E-state index in [1.807, 2.05) is 6.92 Å². The van der Waals surface area contributed by atoms with E-state index in [2.05, 4.69) is 10.6 Å². The molecule has 0 spiro atoms. The summed E-state index contributed by atoms with van der Waals surface area (Å²) in [6.07, 6.45) is 4.90. The van der Waals surface area contributed by atoms with Crippen molar-refractivity contribution in [2.45, 2.75) is 44.7 Å². The number of likely N-dealkylation sites (N-methyl/N-ethyl adjacent to an activating group) is 1. The summed E-state index contributed by atoms with van der Waals surface area (Å²) in [5, 5.41) is 6.86. The lowest BCUT2D eigenvalue weighted by Crippen LogP contribution is -2.49. The van der Waals surface area contributed by atoms with Gasteiger partial charge in [-0.05, 0) is 32.0 Å². The second-order valence-corrected chi connectivity index (χ2v) is 4.96. The Labute approximate surface area is 103 Å². The fourth-order valence-electron chi connectivity index (χ4n) is 1.94. The first kappa shape index (κ1) is 13.2. The van der Waals surface area contributed by atoms with Crippen molar-refractivity contribution in [2.75, 3.05) is 14.1 Å². The van der Waals surface area contributed by atoms with Crippen molar-refractivity contribution in [3.8, 4) is 0 Å². The average Bonchev–Trinajstić information content (AvgIpc) is 2.68. The van der Waals surface area contributed by atoms with Crippen LogP contribution in [0.1, 0.15) is 32.6 Å². The lowest BCUT2D eigenvalue weighted by molar-refractivity contribution is -0.130. The van der Waals surface area contributed by atoms with E-state index in [1.165, 1.54) is 25.7 Å². The molecule has 0 aromatic rings. The summed E-state index contributed by atoms with van der Waals surface area (Å²) >= 11 is 5.18. The van der Waals surface area contributed by atoms with Gasteiger partial charge in [-0.3, -0.25) is 4.79 Å². The van der Waals surface area contributed by atoms with E-state index < -0.39 is 0 Å². The molecular weight excluding hydrogens is 222 g/mol. The maximum Gasteiger partial charge on any atom is 0.244 e. The van der Waals surface area contributed by atoms with Gasteiger partial charge in [-0.25, -0.2) is 0 Å². The van der Waals surface area contributed by atoms with Crippen LogP contribution in [-0.2, 0) is 4.79 Å².